The van der Waals surface area contributed by atoms with Crippen molar-refractivity contribution in [3.8, 4) is 5.75 Å². The Morgan fingerprint density at radius 2 is 1.79 bits per heavy atom. The van der Waals surface area contributed by atoms with Crippen molar-refractivity contribution < 1.29 is 4.74 Å². The van der Waals surface area contributed by atoms with E-state index in [4.69, 9.17) is 9.72 Å². The van der Waals surface area contributed by atoms with E-state index in [9.17, 15) is 0 Å². The minimum absolute atomic E-state index is 0.651. The van der Waals surface area contributed by atoms with Crippen LogP contribution < -0.4 is 10.2 Å². The van der Waals surface area contributed by atoms with Gasteiger partial charge in [0.05, 0.1) is 18.3 Å². The van der Waals surface area contributed by atoms with Crippen LogP contribution in [0.25, 0.3) is 10.9 Å². The third-order valence-corrected chi connectivity index (χ3v) is 4.69. The summed E-state index contributed by atoms with van der Waals surface area (Å²) in [5.74, 6) is 2.29. The molecule has 0 aliphatic carbocycles. The Labute approximate surface area is 167 Å². The monoisotopic (exact) mass is 375 g/mol. The molecule has 1 heterocycles. The van der Waals surface area contributed by atoms with Crippen LogP contribution in [-0.2, 0) is 0 Å². The molecule has 0 radical (unpaired) electrons. The highest BCUT2D eigenvalue weighted by Gasteiger charge is 2.06. The van der Waals surface area contributed by atoms with Crippen LogP contribution in [0.2, 0.25) is 0 Å². The van der Waals surface area contributed by atoms with Crippen molar-refractivity contribution in [2.24, 2.45) is 11.0 Å². The molecule has 2 aromatic carbocycles. The van der Waals surface area contributed by atoms with Crippen molar-refractivity contribution in [1.82, 2.24) is 4.98 Å². The quantitative estimate of drug-likeness (QED) is 0.405. The van der Waals surface area contributed by atoms with Gasteiger partial charge in [0.15, 0.2) is 0 Å². The van der Waals surface area contributed by atoms with Crippen molar-refractivity contribution in [1.29, 1.82) is 0 Å². The lowest BCUT2D eigenvalue weighted by molar-refractivity contribution is 0.289. The number of ether oxygens (including phenoxy) is 1. The fraction of sp³-hybridized carbons (Fsp3) is 0.333. The normalized spacial score (nSPS) is 11.5. The topological polar surface area (TPSA) is 46.5 Å². The van der Waals surface area contributed by atoms with Crippen LogP contribution in [0.5, 0.6) is 5.75 Å². The Morgan fingerprint density at radius 1 is 1.04 bits per heavy atom. The van der Waals surface area contributed by atoms with E-state index in [-0.39, 0.29) is 0 Å². The summed E-state index contributed by atoms with van der Waals surface area (Å²) in [6, 6.07) is 14.3. The molecule has 1 N–H and O–H groups in total. The molecule has 0 unspecified atom stereocenters. The summed E-state index contributed by atoms with van der Waals surface area (Å²) in [6.07, 6.45) is 2.85. The summed E-state index contributed by atoms with van der Waals surface area (Å²) in [7, 11) is 0. The van der Waals surface area contributed by atoms with Gasteiger partial charge in [-0.1, -0.05) is 25.5 Å². The number of hydrazone groups is 1. The minimum atomic E-state index is 0.651. The second-order valence-electron chi connectivity index (χ2n) is 7.77. The lowest BCUT2D eigenvalue weighted by Gasteiger charge is -2.09. The maximum Gasteiger partial charge on any atom is 0.147 e. The molecule has 0 aliphatic rings. The van der Waals surface area contributed by atoms with Gasteiger partial charge in [-0.25, -0.2) is 4.98 Å². The van der Waals surface area contributed by atoms with Crippen LogP contribution in [0.3, 0.4) is 0 Å². The predicted molar refractivity (Wildman–Crippen MR) is 119 cm³/mol. The van der Waals surface area contributed by atoms with E-state index in [1.807, 2.05) is 30.3 Å². The molecule has 3 rings (SSSR count). The molecular formula is C24H29N3O. The second kappa shape index (κ2) is 8.87. The zero-order valence-corrected chi connectivity index (χ0v) is 17.4. The van der Waals surface area contributed by atoms with Gasteiger partial charge in [-0.3, -0.25) is 5.43 Å². The number of hydrogen-bond acceptors (Lipinski definition) is 4. The molecule has 0 bridgehead atoms. The Bertz CT molecular complexity index is 975. The van der Waals surface area contributed by atoms with Crippen molar-refractivity contribution in [2.75, 3.05) is 12.0 Å². The standard InChI is InChI=1S/C24H29N3O/c1-16(2)10-11-28-21-8-6-20(7-9-21)15-25-27-23-14-18(4)22-13-17(3)12-19(5)24(22)26-23/h6-9,12-16H,10-11H2,1-5H3,(H,26,27). The van der Waals surface area contributed by atoms with Gasteiger partial charge in [0, 0.05) is 5.39 Å². The fourth-order valence-corrected chi connectivity index (χ4v) is 3.14. The molecule has 28 heavy (non-hydrogen) atoms. The Hall–Kier alpha value is -2.88. The van der Waals surface area contributed by atoms with Gasteiger partial charge >= 0.3 is 0 Å². The first kappa shape index (κ1) is 19.9. The van der Waals surface area contributed by atoms with Crippen LogP contribution in [0.15, 0.2) is 47.6 Å². The van der Waals surface area contributed by atoms with Crippen LogP contribution >= 0.6 is 0 Å². The van der Waals surface area contributed by atoms with E-state index in [0.29, 0.717) is 5.92 Å². The average molecular weight is 376 g/mol. The molecule has 0 fully saturated rings. The van der Waals surface area contributed by atoms with Gasteiger partial charge in [0.1, 0.15) is 11.6 Å². The van der Waals surface area contributed by atoms with Crippen LogP contribution in [0.4, 0.5) is 5.82 Å². The lowest BCUT2D eigenvalue weighted by Crippen LogP contribution is -2.01. The van der Waals surface area contributed by atoms with Crippen molar-refractivity contribution in [3.05, 3.63) is 64.7 Å². The van der Waals surface area contributed by atoms with Gasteiger partial charge in [-0.15, -0.1) is 0 Å². The van der Waals surface area contributed by atoms with Gasteiger partial charge in [-0.2, -0.15) is 5.10 Å². The summed E-state index contributed by atoms with van der Waals surface area (Å²) in [6.45, 7) is 11.5. The van der Waals surface area contributed by atoms with Crippen LogP contribution in [0, 0.1) is 26.7 Å². The smallest absolute Gasteiger partial charge is 0.147 e. The molecule has 1 aromatic heterocycles. The zero-order chi connectivity index (χ0) is 20.1. The van der Waals surface area contributed by atoms with E-state index in [2.05, 4.69) is 57.3 Å². The largest absolute Gasteiger partial charge is 0.494 e. The molecule has 146 valence electrons. The predicted octanol–water partition coefficient (Wildman–Crippen LogP) is 6.03. The number of aryl methyl sites for hydroxylation is 3. The Kier molecular flexibility index (Phi) is 6.30. The summed E-state index contributed by atoms with van der Waals surface area (Å²) >= 11 is 0. The summed E-state index contributed by atoms with van der Waals surface area (Å²) < 4.78 is 5.75. The van der Waals surface area contributed by atoms with E-state index >= 15 is 0 Å². The summed E-state index contributed by atoms with van der Waals surface area (Å²) in [5.41, 5.74) is 8.71. The van der Waals surface area contributed by atoms with Crippen molar-refractivity contribution >= 4 is 22.9 Å². The van der Waals surface area contributed by atoms with E-state index in [1.54, 1.807) is 6.21 Å². The van der Waals surface area contributed by atoms with E-state index in [1.165, 1.54) is 22.1 Å². The number of benzene rings is 2. The van der Waals surface area contributed by atoms with Gasteiger partial charge in [-0.05, 0) is 86.2 Å². The third kappa shape index (κ3) is 5.10. The number of aromatic nitrogens is 1. The Balaban J connectivity index is 1.66. The fourth-order valence-electron chi connectivity index (χ4n) is 3.14. The Morgan fingerprint density at radius 3 is 2.50 bits per heavy atom. The van der Waals surface area contributed by atoms with Gasteiger partial charge in [0.25, 0.3) is 0 Å². The van der Waals surface area contributed by atoms with Gasteiger partial charge in [0.2, 0.25) is 0 Å². The van der Waals surface area contributed by atoms with E-state index < -0.39 is 0 Å². The zero-order valence-electron chi connectivity index (χ0n) is 17.4. The molecule has 0 atom stereocenters. The summed E-state index contributed by atoms with van der Waals surface area (Å²) in [4.78, 5) is 4.73. The number of nitrogens with one attached hydrogen (secondary N) is 1. The molecule has 4 nitrogen and oxygen atoms in total. The maximum atomic E-state index is 5.75. The average Bonchev–Trinajstić information content (AvgIpc) is 2.64. The number of fused-ring (bicyclic) bond motifs is 1. The summed E-state index contributed by atoms with van der Waals surface area (Å²) in [5, 5.41) is 5.54. The number of hydrogen-bond donors (Lipinski definition) is 1. The highest BCUT2D eigenvalue weighted by Crippen LogP contribution is 2.24. The molecular weight excluding hydrogens is 346 g/mol. The highest BCUT2D eigenvalue weighted by molar-refractivity contribution is 5.87. The molecule has 0 amide bonds. The SMILES string of the molecule is Cc1cc(C)c2nc(NN=Cc3ccc(OCCC(C)C)cc3)cc(C)c2c1. The number of pyridine rings is 1. The van der Waals surface area contributed by atoms with Crippen LogP contribution in [-0.4, -0.2) is 17.8 Å². The van der Waals surface area contributed by atoms with Crippen molar-refractivity contribution in [3.63, 3.8) is 0 Å². The third-order valence-electron chi connectivity index (χ3n) is 4.69. The first-order valence-electron chi connectivity index (χ1n) is 9.83. The molecule has 0 saturated carbocycles. The maximum absolute atomic E-state index is 5.75. The lowest BCUT2D eigenvalue weighted by atomic mass is 10.0. The molecule has 0 saturated heterocycles. The minimum Gasteiger partial charge on any atom is -0.494 e. The highest BCUT2D eigenvalue weighted by atomic mass is 16.5. The van der Waals surface area contributed by atoms with Gasteiger partial charge < -0.3 is 4.74 Å². The molecule has 3 aromatic rings. The number of rotatable bonds is 7. The first-order valence-corrected chi connectivity index (χ1v) is 9.83. The van der Waals surface area contributed by atoms with E-state index in [0.717, 1.165) is 35.7 Å². The first-order chi connectivity index (χ1) is 13.4. The van der Waals surface area contributed by atoms with Crippen molar-refractivity contribution in [2.45, 2.75) is 41.0 Å². The molecule has 4 heteroatoms. The number of nitrogens with zero attached hydrogens (tertiary/aromatic N) is 2. The molecule has 0 spiro atoms. The van der Waals surface area contributed by atoms with Crippen LogP contribution in [0.1, 0.15) is 42.5 Å². The molecule has 0 aliphatic heterocycles. The second-order valence-corrected chi connectivity index (χ2v) is 7.77. The number of anilines is 1.